The van der Waals surface area contributed by atoms with Crippen LogP contribution in [0.1, 0.15) is 25.8 Å². The van der Waals surface area contributed by atoms with Crippen LogP contribution in [0.4, 0.5) is 0 Å². The second-order valence-corrected chi connectivity index (χ2v) is 5.27. The second kappa shape index (κ2) is 6.77. The molecule has 1 aromatic rings. The quantitative estimate of drug-likeness (QED) is 0.876. The number of nitrogens with one attached hydrogen (secondary N) is 1. The van der Waals surface area contributed by atoms with E-state index in [2.05, 4.69) is 21.2 Å². The van der Waals surface area contributed by atoms with Crippen LogP contribution in [0.2, 0.25) is 0 Å². The molecule has 17 heavy (non-hydrogen) atoms. The summed E-state index contributed by atoms with van der Waals surface area (Å²) in [5.41, 5.74) is 0.981. The first-order chi connectivity index (χ1) is 7.97. The molecule has 4 heteroatoms. The molecule has 2 atom stereocenters. The van der Waals surface area contributed by atoms with Gasteiger partial charge in [0.05, 0.1) is 12.5 Å². The number of rotatable bonds is 5. The first kappa shape index (κ1) is 14.2. The fraction of sp³-hybridized carbons (Fsp3) is 0.462. The molecule has 1 amide bonds. The zero-order chi connectivity index (χ0) is 12.8. The predicted octanol–water partition coefficient (Wildman–Crippen LogP) is 2.27. The van der Waals surface area contributed by atoms with E-state index in [9.17, 15) is 9.90 Å². The van der Waals surface area contributed by atoms with Gasteiger partial charge < -0.3 is 10.4 Å². The molecule has 94 valence electrons. The second-order valence-electron chi connectivity index (χ2n) is 4.36. The average Bonchev–Trinajstić information content (AvgIpc) is 2.19. The van der Waals surface area contributed by atoms with Gasteiger partial charge in [-0.3, -0.25) is 4.79 Å². The molecule has 0 spiro atoms. The van der Waals surface area contributed by atoms with Crippen LogP contribution in [0, 0.1) is 0 Å². The molecule has 3 nitrogen and oxygen atoms in total. The van der Waals surface area contributed by atoms with E-state index in [0.29, 0.717) is 12.8 Å². The Kier molecular flexibility index (Phi) is 5.65. The lowest BCUT2D eigenvalue weighted by Gasteiger charge is -2.15. The van der Waals surface area contributed by atoms with Crippen LogP contribution in [-0.2, 0) is 11.2 Å². The van der Waals surface area contributed by atoms with Crippen LogP contribution >= 0.6 is 15.9 Å². The standard InChI is InChI=1S/C13H18BrNO2/c1-9(7-10(2)16)15-13(17)8-11-3-5-12(14)6-4-11/h3-6,9-10,16H,7-8H2,1-2H3,(H,15,17). The van der Waals surface area contributed by atoms with Gasteiger partial charge in [0, 0.05) is 10.5 Å². The Morgan fingerprint density at radius 3 is 2.47 bits per heavy atom. The first-order valence-electron chi connectivity index (χ1n) is 5.69. The maximum Gasteiger partial charge on any atom is 0.224 e. The summed E-state index contributed by atoms with van der Waals surface area (Å²) in [6.45, 7) is 3.61. The molecule has 0 bridgehead atoms. The van der Waals surface area contributed by atoms with Crippen molar-refractivity contribution >= 4 is 21.8 Å². The van der Waals surface area contributed by atoms with Gasteiger partial charge in [-0.2, -0.15) is 0 Å². The number of aliphatic hydroxyl groups excluding tert-OH is 1. The number of hydrogen-bond donors (Lipinski definition) is 2. The molecule has 0 aliphatic carbocycles. The molecule has 0 aliphatic heterocycles. The summed E-state index contributed by atoms with van der Waals surface area (Å²) in [4.78, 5) is 11.7. The van der Waals surface area contributed by atoms with Crippen LogP contribution in [0.25, 0.3) is 0 Å². The highest BCUT2D eigenvalue weighted by Crippen LogP contribution is 2.11. The van der Waals surface area contributed by atoms with E-state index in [-0.39, 0.29) is 11.9 Å². The molecule has 0 aromatic heterocycles. The van der Waals surface area contributed by atoms with Crippen molar-refractivity contribution < 1.29 is 9.90 Å². The van der Waals surface area contributed by atoms with Crippen molar-refractivity contribution in [2.24, 2.45) is 0 Å². The van der Waals surface area contributed by atoms with Crippen molar-refractivity contribution in [1.29, 1.82) is 0 Å². The van der Waals surface area contributed by atoms with E-state index >= 15 is 0 Å². The third kappa shape index (κ3) is 5.84. The lowest BCUT2D eigenvalue weighted by molar-refractivity contribution is -0.121. The zero-order valence-corrected chi connectivity index (χ0v) is 11.7. The Bertz CT molecular complexity index is 362. The van der Waals surface area contributed by atoms with Crippen LogP contribution in [0.5, 0.6) is 0 Å². The lowest BCUT2D eigenvalue weighted by atomic mass is 10.1. The van der Waals surface area contributed by atoms with E-state index in [0.717, 1.165) is 10.0 Å². The van der Waals surface area contributed by atoms with E-state index in [1.807, 2.05) is 31.2 Å². The largest absolute Gasteiger partial charge is 0.393 e. The molecular formula is C13H18BrNO2. The van der Waals surface area contributed by atoms with Gasteiger partial charge in [-0.25, -0.2) is 0 Å². The minimum atomic E-state index is -0.391. The monoisotopic (exact) mass is 299 g/mol. The fourth-order valence-electron chi connectivity index (χ4n) is 1.68. The Balaban J connectivity index is 2.41. The molecule has 2 N–H and O–H groups in total. The molecule has 0 saturated carbocycles. The van der Waals surface area contributed by atoms with Crippen molar-refractivity contribution in [3.8, 4) is 0 Å². The molecule has 0 aliphatic rings. The number of amides is 1. The number of benzene rings is 1. The van der Waals surface area contributed by atoms with Gasteiger partial charge in [0.2, 0.25) is 5.91 Å². The summed E-state index contributed by atoms with van der Waals surface area (Å²) in [6, 6.07) is 7.67. The summed E-state index contributed by atoms with van der Waals surface area (Å²) < 4.78 is 1.00. The number of hydrogen-bond acceptors (Lipinski definition) is 2. The molecule has 2 unspecified atom stereocenters. The van der Waals surface area contributed by atoms with Gasteiger partial charge in [0.1, 0.15) is 0 Å². The van der Waals surface area contributed by atoms with Crippen molar-refractivity contribution in [2.75, 3.05) is 0 Å². The molecule has 0 fully saturated rings. The Morgan fingerprint density at radius 1 is 1.35 bits per heavy atom. The van der Waals surface area contributed by atoms with Crippen LogP contribution in [-0.4, -0.2) is 23.2 Å². The minimum absolute atomic E-state index is 0.00190. The predicted molar refractivity (Wildman–Crippen MR) is 71.7 cm³/mol. The number of carbonyl (C=O) groups is 1. The Morgan fingerprint density at radius 2 is 1.94 bits per heavy atom. The maximum atomic E-state index is 11.7. The van der Waals surface area contributed by atoms with Gasteiger partial charge in [0.15, 0.2) is 0 Å². The van der Waals surface area contributed by atoms with E-state index < -0.39 is 6.10 Å². The zero-order valence-electron chi connectivity index (χ0n) is 10.1. The minimum Gasteiger partial charge on any atom is -0.393 e. The van der Waals surface area contributed by atoms with Crippen LogP contribution < -0.4 is 5.32 Å². The van der Waals surface area contributed by atoms with Gasteiger partial charge in [-0.15, -0.1) is 0 Å². The molecule has 0 saturated heterocycles. The Hall–Kier alpha value is -0.870. The van der Waals surface area contributed by atoms with Gasteiger partial charge >= 0.3 is 0 Å². The van der Waals surface area contributed by atoms with Gasteiger partial charge in [-0.05, 0) is 38.0 Å². The maximum absolute atomic E-state index is 11.7. The highest BCUT2D eigenvalue weighted by Gasteiger charge is 2.10. The summed E-state index contributed by atoms with van der Waals surface area (Å²) in [6.07, 6.45) is 0.557. The summed E-state index contributed by atoms with van der Waals surface area (Å²) in [7, 11) is 0. The summed E-state index contributed by atoms with van der Waals surface area (Å²) in [5.74, 6) is -0.0135. The summed E-state index contributed by atoms with van der Waals surface area (Å²) in [5, 5.41) is 12.1. The number of carbonyl (C=O) groups excluding carboxylic acids is 1. The number of aliphatic hydroxyl groups is 1. The normalized spacial score (nSPS) is 14.1. The molecule has 1 rings (SSSR count). The smallest absolute Gasteiger partial charge is 0.224 e. The van der Waals surface area contributed by atoms with Crippen molar-refractivity contribution in [2.45, 2.75) is 38.8 Å². The van der Waals surface area contributed by atoms with Crippen LogP contribution in [0.3, 0.4) is 0 Å². The average molecular weight is 300 g/mol. The summed E-state index contributed by atoms with van der Waals surface area (Å²) >= 11 is 3.35. The molecule has 0 heterocycles. The first-order valence-corrected chi connectivity index (χ1v) is 6.48. The highest BCUT2D eigenvalue weighted by atomic mass is 79.9. The van der Waals surface area contributed by atoms with Crippen molar-refractivity contribution in [1.82, 2.24) is 5.32 Å². The fourth-order valence-corrected chi connectivity index (χ4v) is 1.95. The van der Waals surface area contributed by atoms with E-state index in [1.54, 1.807) is 6.92 Å². The Labute approximate surface area is 110 Å². The third-order valence-corrected chi connectivity index (χ3v) is 2.91. The third-order valence-electron chi connectivity index (χ3n) is 2.38. The van der Waals surface area contributed by atoms with Gasteiger partial charge in [-0.1, -0.05) is 28.1 Å². The molecule has 0 radical (unpaired) electrons. The van der Waals surface area contributed by atoms with Crippen LogP contribution in [0.15, 0.2) is 28.7 Å². The SMILES string of the molecule is CC(O)CC(C)NC(=O)Cc1ccc(Br)cc1. The molecule has 1 aromatic carbocycles. The lowest BCUT2D eigenvalue weighted by Crippen LogP contribution is -2.35. The topological polar surface area (TPSA) is 49.3 Å². The van der Waals surface area contributed by atoms with Crippen molar-refractivity contribution in [3.63, 3.8) is 0 Å². The van der Waals surface area contributed by atoms with Gasteiger partial charge in [0.25, 0.3) is 0 Å². The highest BCUT2D eigenvalue weighted by molar-refractivity contribution is 9.10. The number of halogens is 1. The van der Waals surface area contributed by atoms with E-state index in [4.69, 9.17) is 0 Å². The van der Waals surface area contributed by atoms with E-state index in [1.165, 1.54) is 0 Å². The molecular weight excluding hydrogens is 282 g/mol. The van der Waals surface area contributed by atoms with Crippen molar-refractivity contribution in [3.05, 3.63) is 34.3 Å².